The summed E-state index contributed by atoms with van der Waals surface area (Å²) in [5.41, 5.74) is 4.21. The molecule has 0 bridgehead atoms. The van der Waals surface area contributed by atoms with Crippen LogP contribution in [-0.4, -0.2) is 22.9 Å². The standard InChI is InChI=1S/C24H19N3O3S/c1-16-4-7-19(8-5-16)27-23(28)20(11-17-6-9-21-22(12-17)30-15-29-21)26-24(27)31-14-18-3-2-10-25-13-18/h2-13H,14-15H2,1H3/b20-11-. The molecule has 0 spiro atoms. The first-order valence-electron chi connectivity index (χ1n) is 9.80. The Balaban J connectivity index is 1.47. The van der Waals surface area contributed by atoms with Crippen molar-refractivity contribution in [2.45, 2.75) is 12.7 Å². The zero-order valence-corrected chi connectivity index (χ0v) is 17.6. The quantitative estimate of drug-likeness (QED) is 0.558. The molecule has 3 aromatic rings. The number of aryl methyl sites for hydroxylation is 1. The van der Waals surface area contributed by atoms with Crippen molar-refractivity contribution in [3.63, 3.8) is 0 Å². The molecule has 5 rings (SSSR count). The second-order valence-electron chi connectivity index (χ2n) is 7.16. The number of carbonyl (C=O) groups excluding carboxylic acids is 1. The second kappa shape index (κ2) is 8.28. The molecule has 7 heteroatoms. The molecule has 154 valence electrons. The molecule has 2 aliphatic rings. The maximum absolute atomic E-state index is 13.3. The number of amidine groups is 1. The van der Waals surface area contributed by atoms with Gasteiger partial charge in [-0.25, -0.2) is 4.99 Å². The highest BCUT2D eigenvalue weighted by molar-refractivity contribution is 8.13. The molecule has 1 aromatic heterocycles. The smallest absolute Gasteiger partial charge is 0.283 e. The van der Waals surface area contributed by atoms with Gasteiger partial charge >= 0.3 is 0 Å². The van der Waals surface area contributed by atoms with E-state index >= 15 is 0 Å². The SMILES string of the molecule is Cc1ccc(N2C(=O)/C(=C/c3ccc4c(c3)OCO4)N=C2SCc2cccnc2)cc1. The average molecular weight is 430 g/mol. The topological polar surface area (TPSA) is 64.0 Å². The van der Waals surface area contributed by atoms with E-state index in [1.54, 1.807) is 17.2 Å². The number of hydrogen-bond donors (Lipinski definition) is 0. The summed E-state index contributed by atoms with van der Waals surface area (Å²) in [4.78, 5) is 23.8. The Bertz CT molecular complexity index is 1190. The maximum atomic E-state index is 13.3. The number of pyridine rings is 1. The van der Waals surface area contributed by atoms with Crippen LogP contribution >= 0.6 is 11.8 Å². The van der Waals surface area contributed by atoms with Crippen LogP contribution in [0.25, 0.3) is 6.08 Å². The molecule has 0 aliphatic carbocycles. The van der Waals surface area contributed by atoms with Crippen LogP contribution < -0.4 is 14.4 Å². The molecular weight excluding hydrogens is 410 g/mol. The number of fused-ring (bicyclic) bond motifs is 1. The molecule has 0 fully saturated rings. The molecular formula is C24H19N3O3S. The lowest BCUT2D eigenvalue weighted by molar-refractivity contribution is -0.113. The number of anilines is 1. The fourth-order valence-electron chi connectivity index (χ4n) is 3.31. The fraction of sp³-hybridized carbons (Fsp3) is 0.125. The highest BCUT2D eigenvalue weighted by Gasteiger charge is 2.32. The summed E-state index contributed by atoms with van der Waals surface area (Å²) in [5.74, 6) is 1.89. The first-order chi connectivity index (χ1) is 15.2. The third-order valence-corrected chi connectivity index (χ3v) is 5.92. The van der Waals surface area contributed by atoms with Gasteiger partial charge in [-0.15, -0.1) is 0 Å². The van der Waals surface area contributed by atoms with E-state index in [-0.39, 0.29) is 12.7 Å². The number of nitrogens with zero attached hydrogens (tertiary/aromatic N) is 3. The summed E-state index contributed by atoms with van der Waals surface area (Å²) < 4.78 is 10.8. The maximum Gasteiger partial charge on any atom is 0.283 e. The van der Waals surface area contributed by atoms with Crippen LogP contribution in [0.4, 0.5) is 5.69 Å². The van der Waals surface area contributed by atoms with E-state index in [9.17, 15) is 4.79 Å². The van der Waals surface area contributed by atoms with Crippen LogP contribution in [0.1, 0.15) is 16.7 Å². The van der Waals surface area contributed by atoms with Gasteiger partial charge in [-0.1, -0.05) is 41.6 Å². The molecule has 0 radical (unpaired) electrons. The first kappa shape index (κ1) is 19.4. The molecule has 0 atom stereocenters. The number of benzene rings is 2. The molecule has 0 unspecified atom stereocenters. The molecule has 0 saturated heterocycles. The minimum atomic E-state index is -0.157. The number of rotatable bonds is 4. The van der Waals surface area contributed by atoms with Crippen LogP contribution in [0.15, 0.2) is 77.7 Å². The van der Waals surface area contributed by atoms with Crippen molar-refractivity contribution in [2.24, 2.45) is 4.99 Å². The Morgan fingerprint density at radius 1 is 1.10 bits per heavy atom. The number of ether oxygens (including phenoxy) is 2. The zero-order chi connectivity index (χ0) is 21.2. The molecule has 2 aromatic carbocycles. The van der Waals surface area contributed by atoms with Gasteiger partial charge in [0.15, 0.2) is 16.7 Å². The van der Waals surface area contributed by atoms with Crippen LogP contribution in [0.2, 0.25) is 0 Å². The average Bonchev–Trinajstić information content (AvgIpc) is 3.38. The fourth-order valence-corrected chi connectivity index (χ4v) is 4.25. The van der Waals surface area contributed by atoms with Gasteiger partial charge < -0.3 is 9.47 Å². The van der Waals surface area contributed by atoms with Crippen LogP contribution in [-0.2, 0) is 10.5 Å². The van der Waals surface area contributed by atoms with Crippen molar-refractivity contribution in [2.75, 3.05) is 11.7 Å². The molecule has 31 heavy (non-hydrogen) atoms. The number of carbonyl (C=O) groups is 1. The molecule has 1 amide bonds. The van der Waals surface area contributed by atoms with Crippen molar-refractivity contribution in [3.05, 3.63) is 89.4 Å². The van der Waals surface area contributed by atoms with Gasteiger partial charge in [0.2, 0.25) is 6.79 Å². The predicted octanol–water partition coefficient (Wildman–Crippen LogP) is 4.80. The molecule has 6 nitrogen and oxygen atoms in total. The van der Waals surface area contributed by atoms with Crippen LogP contribution in [0, 0.1) is 6.92 Å². The van der Waals surface area contributed by atoms with Gasteiger partial charge in [0.1, 0.15) is 5.70 Å². The monoisotopic (exact) mass is 429 g/mol. The van der Waals surface area contributed by atoms with Gasteiger partial charge in [0, 0.05) is 18.1 Å². The molecule has 0 N–H and O–H groups in total. The van der Waals surface area contributed by atoms with Crippen molar-refractivity contribution >= 4 is 34.6 Å². The summed E-state index contributed by atoms with van der Waals surface area (Å²) in [6.07, 6.45) is 5.35. The van der Waals surface area contributed by atoms with Crippen molar-refractivity contribution in [1.29, 1.82) is 0 Å². The summed E-state index contributed by atoms with van der Waals surface area (Å²) >= 11 is 1.51. The van der Waals surface area contributed by atoms with E-state index < -0.39 is 0 Å². The summed E-state index contributed by atoms with van der Waals surface area (Å²) in [6, 6.07) is 17.4. The van der Waals surface area contributed by atoms with Crippen LogP contribution in [0.5, 0.6) is 11.5 Å². The Kier molecular flexibility index (Phi) is 5.18. The second-order valence-corrected chi connectivity index (χ2v) is 8.11. The Labute approximate surface area is 184 Å². The first-order valence-corrected chi connectivity index (χ1v) is 10.8. The highest BCUT2D eigenvalue weighted by atomic mass is 32.2. The lowest BCUT2D eigenvalue weighted by atomic mass is 10.1. The van der Waals surface area contributed by atoms with Crippen molar-refractivity contribution in [3.8, 4) is 11.5 Å². The van der Waals surface area contributed by atoms with Crippen molar-refractivity contribution < 1.29 is 14.3 Å². The number of aliphatic imine (C=N–C) groups is 1. The Morgan fingerprint density at radius 2 is 1.94 bits per heavy atom. The van der Waals surface area contributed by atoms with Gasteiger partial charge in [-0.2, -0.15) is 0 Å². The summed E-state index contributed by atoms with van der Waals surface area (Å²) in [5, 5.41) is 0.643. The number of hydrogen-bond acceptors (Lipinski definition) is 6. The molecule has 0 saturated carbocycles. The lowest BCUT2D eigenvalue weighted by Gasteiger charge is -2.18. The van der Waals surface area contributed by atoms with Gasteiger partial charge in [0.25, 0.3) is 5.91 Å². The minimum Gasteiger partial charge on any atom is -0.454 e. The summed E-state index contributed by atoms with van der Waals surface area (Å²) in [6.45, 7) is 2.23. The van der Waals surface area contributed by atoms with Crippen LogP contribution in [0.3, 0.4) is 0 Å². The highest BCUT2D eigenvalue weighted by Crippen LogP contribution is 2.35. The Hall–Kier alpha value is -3.58. The minimum absolute atomic E-state index is 0.157. The predicted molar refractivity (Wildman–Crippen MR) is 122 cm³/mol. The van der Waals surface area contributed by atoms with Gasteiger partial charge in [-0.05, 0) is 54.5 Å². The zero-order valence-electron chi connectivity index (χ0n) is 16.8. The van der Waals surface area contributed by atoms with Gasteiger partial charge in [-0.3, -0.25) is 14.7 Å². The van der Waals surface area contributed by atoms with Gasteiger partial charge in [0.05, 0.1) is 5.69 Å². The van der Waals surface area contributed by atoms with E-state index in [1.165, 1.54) is 11.8 Å². The van der Waals surface area contributed by atoms with E-state index in [2.05, 4.69) is 9.98 Å². The number of amides is 1. The van der Waals surface area contributed by atoms with Crippen molar-refractivity contribution in [1.82, 2.24) is 4.98 Å². The van der Waals surface area contributed by atoms with E-state index in [0.29, 0.717) is 28.1 Å². The third kappa shape index (κ3) is 4.04. The molecule has 2 aliphatic heterocycles. The third-order valence-electron chi connectivity index (χ3n) is 4.91. The number of aromatic nitrogens is 1. The largest absolute Gasteiger partial charge is 0.454 e. The summed E-state index contributed by atoms with van der Waals surface area (Å²) in [7, 11) is 0. The van der Waals surface area contributed by atoms with E-state index in [4.69, 9.17) is 9.47 Å². The number of thioether (sulfide) groups is 1. The van der Waals surface area contributed by atoms with E-state index in [1.807, 2.05) is 67.7 Å². The Morgan fingerprint density at radius 3 is 2.74 bits per heavy atom. The van der Waals surface area contributed by atoms with E-state index in [0.717, 1.165) is 22.4 Å². The molecule has 3 heterocycles. The lowest BCUT2D eigenvalue weighted by Crippen LogP contribution is -2.30. The normalized spacial score (nSPS) is 16.2.